The highest BCUT2D eigenvalue weighted by Crippen LogP contribution is 2.30. The predicted octanol–water partition coefficient (Wildman–Crippen LogP) is 5.73. The standard InChI is InChI=1S/C22H26N2S4/c25-21(26)23(15-17-7-3-1-4-8-17)19-11-13-20(14-12-19)24(22(27)28)16-18-9-5-2-6-10-18/h1-10,19-20H,11-16H2,(H,25,26)(H,27,28). The molecule has 0 unspecified atom stereocenters. The van der Waals surface area contributed by atoms with Gasteiger partial charge in [-0.3, -0.25) is 0 Å². The Labute approximate surface area is 190 Å². The maximum Gasteiger partial charge on any atom is 0.133 e. The van der Waals surface area contributed by atoms with E-state index in [4.69, 9.17) is 24.4 Å². The van der Waals surface area contributed by atoms with Gasteiger partial charge in [0.15, 0.2) is 0 Å². The fourth-order valence-corrected chi connectivity index (χ4v) is 4.84. The van der Waals surface area contributed by atoms with Crippen molar-refractivity contribution < 1.29 is 0 Å². The van der Waals surface area contributed by atoms with E-state index in [1.54, 1.807) is 0 Å². The fourth-order valence-electron chi connectivity index (χ4n) is 3.95. The van der Waals surface area contributed by atoms with Gasteiger partial charge in [-0.15, -0.1) is 25.3 Å². The Morgan fingerprint density at radius 1 is 0.679 bits per heavy atom. The first-order valence-corrected chi connectivity index (χ1v) is 11.3. The third-order valence-corrected chi connectivity index (χ3v) is 6.41. The Morgan fingerprint density at radius 3 is 1.29 bits per heavy atom. The zero-order valence-electron chi connectivity index (χ0n) is 15.8. The van der Waals surface area contributed by atoms with Crippen molar-refractivity contribution in [2.24, 2.45) is 0 Å². The van der Waals surface area contributed by atoms with Crippen molar-refractivity contribution in [3.63, 3.8) is 0 Å². The first-order chi connectivity index (χ1) is 13.5. The molecular formula is C22H26N2S4. The molecule has 0 amide bonds. The molecule has 3 rings (SSSR count). The Morgan fingerprint density at radius 2 is 1.00 bits per heavy atom. The van der Waals surface area contributed by atoms with Crippen LogP contribution in [0.1, 0.15) is 36.8 Å². The molecule has 0 radical (unpaired) electrons. The van der Waals surface area contributed by atoms with Gasteiger partial charge in [-0.25, -0.2) is 0 Å². The maximum absolute atomic E-state index is 5.45. The molecule has 0 heterocycles. The normalized spacial score (nSPS) is 19.1. The van der Waals surface area contributed by atoms with E-state index in [9.17, 15) is 0 Å². The largest absolute Gasteiger partial charge is 0.350 e. The van der Waals surface area contributed by atoms with Gasteiger partial charge in [0.1, 0.15) is 8.64 Å². The highest BCUT2D eigenvalue weighted by Gasteiger charge is 2.30. The van der Waals surface area contributed by atoms with Crippen molar-refractivity contribution in [3.05, 3.63) is 71.8 Å². The van der Waals surface area contributed by atoms with E-state index in [2.05, 4.69) is 83.6 Å². The lowest BCUT2D eigenvalue weighted by Gasteiger charge is -2.41. The quantitative estimate of drug-likeness (QED) is 0.432. The molecule has 0 N–H and O–H groups in total. The van der Waals surface area contributed by atoms with Crippen LogP contribution in [-0.2, 0) is 13.1 Å². The number of benzene rings is 2. The van der Waals surface area contributed by atoms with Gasteiger partial charge in [-0.2, -0.15) is 0 Å². The number of thiol groups is 2. The van der Waals surface area contributed by atoms with Crippen LogP contribution in [0.2, 0.25) is 0 Å². The Balaban J connectivity index is 1.62. The minimum atomic E-state index is 0.425. The van der Waals surface area contributed by atoms with Gasteiger partial charge in [-0.05, 0) is 36.8 Å². The molecule has 148 valence electrons. The molecule has 0 atom stereocenters. The zero-order chi connectivity index (χ0) is 19.9. The van der Waals surface area contributed by atoms with Crippen LogP contribution in [0.5, 0.6) is 0 Å². The van der Waals surface area contributed by atoms with Gasteiger partial charge in [0, 0.05) is 25.2 Å². The first kappa shape index (κ1) is 21.6. The lowest BCUT2D eigenvalue weighted by atomic mass is 9.89. The van der Waals surface area contributed by atoms with Crippen LogP contribution in [0.4, 0.5) is 0 Å². The van der Waals surface area contributed by atoms with Gasteiger partial charge in [0.25, 0.3) is 0 Å². The lowest BCUT2D eigenvalue weighted by Crippen LogP contribution is -2.45. The van der Waals surface area contributed by atoms with E-state index in [0.717, 1.165) is 38.8 Å². The third kappa shape index (κ3) is 5.96. The summed E-state index contributed by atoms with van der Waals surface area (Å²) < 4.78 is 1.36. The smallest absolute Gasteiger partial charge is 0.133 e. The van der Waals surface area contributed by atoms with E-state index in [0.29, 0.717) is 20.7 Å². The summed E-state index contributed by atoms with van der Waals surface area (Å²) in [5.41, 5.74) is 2.53. The van der Waals surface area contributed by atoms with Crippen molar-refractivity contribution in [1.82, 2.24) is 9.80 Å². The number of hydrogen-bond donors (Lipinski definition) is 2. The van der Waals surface area contributed by atoms with Crippen molar-refractivity contribution in [2.75, 3.05) is 0 Å². The second-order valence-electron chi connectivity index (χ2n) is 7.25. The predicted molar refractivity (Wildman–Crippen MR) is 133 cm³/mol. The van der Waals surface area contributed by atoms with Crippen LogP contribution in [0.25, 0.3) is 0 Å². The Hall–Kier alpha value is -1.08. The molecule has 2 aromatic rings. The highest BCUT2D eigenvalue weighted by molar-refractivity contribution is 8.11. The minimum absolute atomic E-state index is 0.425. The summed E-state index contributed by atoms with van der Waals surface area (Å²) in [6.45, 7) is 1.63. The number of hydrogen-bond acceptors (Lipinski definition) is 2. The Kier molecular flexibility index (Phi) is 8.21. The van der Waals surface area contributed by atoms with Crippen LogP contribution in [0.15, 0.2) is 60.7 Å². The van der Waals surface area contributed by atoms with Gasteiger partial charge in [0.05, 0.1) is 0 Å². The maximum atomic E-state index is 5.45. The molecule has 0 saturated heterocycles. The molecule has 1 saturated carbocycles. The average molecular weight is 447 g/mol. The number of rotatable bonds is 6. The Bertz CT molecular complexity index is 706. The minimum Gasteiger partial charge on any atom is -0.350 e. The molecule has 1 fully saturated rings. The summed E-state index contributed by atoms with van der Waals surface area (Å²) in [6, 6.07) is 21.8. The zero-order valence-corrected chi connectivity index (χ0v) is 19.2. The van der Waals surface area contributed by atoms with Gasteiger partial charge >= 0.3 is 0 Å². The fraction of sp³-hybridized carbons (Fsp3) is 0.364. The monoisotopic (exact) mass is 446 g/mol. The summed E-state index contributed by atoms with van der Waals surface area (Å²) in [7, 11) is 0. The molecule has 0 spiro atoms. The van der Waals surface area contributed by atoms with Crippen LogP contribution < -0.4 is 0 Å². The summed E-state index contributed by atoms with van der Waals surface area (Å²) in [5, 5.41) is 0. The summed E-state index contributed by atoms with van der Waals surface area (Å²) >= 11 is 19.9. The van der Waals surface area contributed by atoms with E-state index in [1.807, 2.05) is 12.1 Å². The molecule has 1 aliphatic carbocycles. The summed E-state index contributed by atoms with van der Waals surface area (Å²) in [4.78, 5) is 4.54. The van der Waals surface area contributed by atoms with Crippen LogP contribution >= 0.6 is 49.7 Å². The van der Waals surface area contributed by atoms with Gasteiger partial charge < -0.3 is 9.80 Å². The SMILES string of the molecule is S=C(S)N(Cc1ccccc1)C1CCC(N(Cc2ccccc2)C(=S)S)CC1. The average Bonchev–Trinajstić information content (AvgIpc) is 2.72. The second kappa shape index (κ2) is 10.6. The second-order valence-corrected chi connectivity index (χ2v) is 9.48. The van der Waals surface area contributed by atoms with Crippen molar-refractivity contribution >= 4 is 58.3 Å². The molecule has 2 nitrogen and oxygen atoms in total. The molecule has 0 bridgehead atoms. The number of thiocarbonyl (C=S) groups is 2. The van der Waals surface area contributed by atoms with Gasteiger partial charge in [0.2, 0.25) is 0 Å². The summed E-state index contributed by atoms with van der Waals surface area (Å²) in [5.74, 6) is 0. The van der Waals surface area contributed by atoms with Crippen LogP contribution in [-0.4, -0.2) is 30.5 Å². The van der Waals surface area contributed by atoms with Crippen molar-refractivity contribution in [3.8, 4) is 0 Å². The van der Waals surface area contributed by atoms with Gasteiger partial charge in [-0.1, -0.05) is 85.1 Å². The molecule has 1 aliphatic rings. The molecule has 0 aromatic heterocycles. The van der Waals surface area contributed by atoms with E-state index < -0.39 is 0 Å². The van der Waals surface area contributed by atoms with Crippen molar-refractivity contribution in [1.29, 1.82) is 0 Å². The molecule has 6 heteroatoms. The van der Waals surface area contributed by atoms with E-state index >= 15 is 0 Å². The topological polar surface area (TPSA) is 6.48 Å². The first-order valence-electron chi connectivity index (χ1n) is 9.61. The van der Waals surface area contributed by atoms with E-state index in [-0.39, 0.29) is 0 Å². The highest BCUT2D eigenvalue weighted by atomic mass is 32.1. The molecule has 0 aliphatic heterocycles. The number of nitrogens with zero attached hydrogens (tertiary/aromatic N) is 2. The van der Waals surface area contributed by atoms with Crippen molar-refractivity contribution in [2.45, 2.75) is 50.9 Å². The van der Waals surface area contributed by atoms with E-state index in [1.165, 1.54) is 11.1 Å². The molecule has 28 heavy (non-hydrogen) atoms. The molecular weight excluding hydrogens is 421 g/mol. The third-order valence-electron chi connectivity index (χ3n) is 5.43. The summed E-state index contributed by atoms with van der Waals surface area (Å²) in [6.07, 6.45) is 4.33. The van der Waals surface area contributed by atoms with Crippen LogP contribution in [0, 0.1) is 0 Å². The molecule has 2 aromatic carbocycles. The lowest BCUT2D eigenvalue weighted by molar-refractivity contribution is 0.172. The van der Waals surface area contributed by atoms with Crippen LogP contribution in [0.3, 0.4) is 0 Å².